The number of nitrogens with one attached hydrogen (secondary N) is 3. The molecule has 5 N–H and O–H groups in total. The fourth-order valence-electron chi connectivity index (χ4n) is 11.1. The molecule has 408 valence electrons. The second-order valence-corrected chi connectivity index (χ2v) is 20.9. The normalized spacial score (nSPS) is 20.0. The first kappa shape index (κ1) is 56.4. The molecule has 0 aromatic heterocycles. The third kappa shape index (κ3) is 14.0. The van der Waals surface area contributed by atoms with Crippen molar-refractivity contribution >= 4 is 52.7 Å². The average Bonchev–Trinajstić information content (AvgIpc) is 3.99. The molecular weight excluding hydrogens is 997 g/mol. The van der Waals surface area contributed by atoms with Crippen LogP contribution in [0.15, 0.2) is 109 Å². The van der Waals surface area contributed by atoms with Crippen LogP contribution in [-0.2, 0) is 46.0 Å². The van der Waals surface area contributed by atoms with E-state index in [-0.39, 0.29) is 80.3 Å². The average molecular weight is 1060 g/mol. The number of allylic oxidation sites excluding steroid dienone is 1. The molecule has 1 unspecified atom stereocenters. The summed E-state index contributed by atoms with van der Waals surface area (Å²) in [7, 11) is 0. The summed E-state index contributed by atoms with van der Waals surface area (Å²) in [6, 6.07) is 25.9. The van der Waals surface area contributed by atoms with Crippen LogP contribution in [0.5, 0.6) is 0 Å². The molecule has 17 heteroatoms. The summed E-state index contributed by atoms with van der Waals surface area (Å²) in [5.74, 6) is -0.430. The second kappa shape index (κ2) is 25.5. The van der Waals surface area contributed by atoms with Crippen LogP contribution in [-0.4, -0.2) is 112 Å². The minimum atomic E-state index is -3.04. The van der Waals surface area contributed by atoms with Crippen LogP contribution >= 0.6 is 0 Å². The third-order valence-corrected chi connectivity index (χ3v) is 15.3. The van der Waals surface area contributed by atoms with Gasteiger partial charge in [-0.15, -0.1) is 0 Å². The van der Waals surface area contributed by atoms with Gasteiger partial charge in [-0.05, 0) is 92.0 Å². The number of unbranched alkanes of at least 4 members (excludes halogenated alkanes) is 4. The van der Waals surface area contributed by atoms with Gasteiger partial charge in [0.25, 0.3) is 11.8 Å². The fraction of sp³-hybridized carbons (Fsp3) is 0.410. The van der Waals surface area contributed by atoms with Crippen molar-refractivity contribution in [1.29, 1.82) is 0 Å². The highest BCUT2D eigenvalue weighted by molar-refractivity contribution is 6.06. The maximum atomic E-state index is 14.8. The smallest absolute Gasteiger partial charge is 0.270 e. The maximum Gasteiger partial charge on any atom is 0.270 e. The van der Waals surface area contributed by atoms with Gasteiger partial charge in [-0.3, -0.25) is 48.6 Å². The first-order valence-corrected chi connectivity index (χ1v) is 26.9. The Kier molecular flexibility index (Phi) is 18.5. The molecule has 0 spiro atoms. The minimum absolute atomic E-state index is 0.0272. The van der Waals surface area contributed by atoms with Crippen LogP contribution in [0.2, 0.25) is 0 Å². The zero-order valence-electron chi connectivity index (χ0n) is 44.1. The number of carbonyl (C=O) groups is 8. The number of fused-ring (bicyclic) bond motifs is 2. The number of Topliss-reactive ketones (excluding diaryl/α,β-unsaturated/α-hetero) is 1. The van der Waals surface area contributed by atoms with E-state index in [0.717, 1.165) is 54.9 Å². The number of hydrogen-bond acceptors (Lipinski definition) is 9. The topological polar surface area (TPSA) is 208 Å². The van der Waals surface area contributed by atoms with E-state index in [2.05, 4.69) is 32.7 Å². The van der Waals surface area contributed by atoms with E-state index >= 15 is 0 Å². The van der Waals surface area contributed by atoms with Crippen LogP contribution in [0.3, 0.4) is 0 Å². The van der Waals surface area contributed by atoms with Crippen molar-refractivity contribution in [2.75, 3.05) is 19.6 Å². The van der Waals surface area contributed by atoms with E-state index in [1.807, 2.05) is 66.7 Å². The number of rotatable bonds is 21. The number of benzene rings is 4. The number of ketones is 1. The van der Waals surface area contributed by atoms with Gasteiger partial charge in [-0.2, -0.15) is 0 Å². The zero-order valence-corrected chi connectivity index (χ0v) is 44.1. The molecule has 0 radical (unpaired) electrons. The summed E-state index contributed by atoms with van der Waals surface area (Å²) in [4.78, 5) is 112. The molecule has 4 aliphatic rings. The quantitative estimate of drug-likeness (QED) is 0.0304. The SMILES string of the molecule is C/C(=C\C(=O)N[C@H]1CN(CCCCCCC#Cc2cccc3c2CN(C2CCC(=O)NC2=O)C3=O)C[C@H]2CC[C@@H](C(=O)N[C@@H](CCC(N)=O)C(=O)CC(c3ccccc3)c3ccccc3)N2C1=O)c1ccc(C(C)(F)F)cc1. The Bertz CT molecular complexity index is 2950. The van der Waals surface area contributed by atoms with E-state index in [4.69, 9.17) is 5.73 Å². The Morgan fingerprint density at radius 3 is 2.21 bits per heavy atom. The van der Waals surface area contributed by atoms with Crippen LogP contribution < -0.4 is 21.7 Å². The van der Waals surface area contributed by atoms with Gasteiger partial charge >= 0.3 is 0 Å². The first-order valence-electron chi connectivity index (χ1n) is 26.9. The number of primary amides is 1. The van der Waals surface area contributed by atoms with Gasteiger partial charge in [0.05, 0.1) is 6.04 Å². The van der Waals surface area contributed by atoms with Gasteiger partial charge in [0.15, 0.2) is 5.78 Å². The molecule has 4 aromatic carbocycles. The van der Waals surface area contributed by atoms with Crippen LogP contribution in [0.25, 0.3) is 5.57 Å². The lowest BCUT2D eigenvalue weighted by molar-refractivity contribution is -0.142. The molecule has 4 aromatic rings. The van der Waals surface area contributed by atoms with E-state index in [9.17, 15) is 47.1 Å². The van der Waals surface area contributed by atoms with Crippen molar-refractivity contribution in [2.24, 2.45) is 5.73 Å². The van der Waals surface area contributed by atoms with Crippen LogP contribution in [0, 0.1) is 11.8 Å². The number of nitrogens with zero attached hydrogens (tertiary/aromatic N) is 3. The summed E-state index contributed by atoms with van der Waals surface area (Å²) in [6.45, 7) is 3.91. The predicted octanol–water partition coefficient (Wildman–Crippen LogP) is 6.67. The number of amides is 7. The van der Waals surface area contributed by atoms with Crippen molar-refractivity contribution in [3.8, 4) is 11.8 Å². The van der Waals surface area contributed by atoms with Crippen molar-refractivity contribution in [1.82, 2.24) is 30.7 Å². The number of hydrogen-bond donors (Lipinski definition) is 4. The highest BCUT2D eigenvalue weighted by Gasteiger charge is 2.47. The maximum absolute atomic E-state index is 14.8. The molecular formula is C61H67F2N7O8. The third-order valence-electron chi connectivity index (χ3n) is 15.3. The van der Waals surface area contributed by atoms with Gasteiger partial charge in [0.2, 0.25) is 35.4 Å². The van der Waals surface area contributed by atoms with Crippen LogP contribution in [0.4, 0.5) is 8.78 Å². The number of carbonyl (C=O) groups excluding carboxylic acids is 8. The molecule has 78 heavy (non-hydrogen) atoms. The second-order valence-electron chi connectivity index (χ2n) is 20.9. The van der Waals surface area contributed by atoms with Crippen molar-refractivity contribution in [3.05, 3.63) is 148 Å². The number of alkyl halides is 2. The summed E-state index contributed by atoms with van der Waals surface area (Å²) in [5, 5.41) is 8.16. The Labute approximate surface area is 453 Å². The minimum Gasteiger partial charge on any atom is -0.370 e. The van der Waals surface area contributed by atoms with E-state index < -0.39 is 59.6 Å². The van der Waals surface area contributed by atoms with Crippen molar-refractivity contribution < 1.29 is 47.1 Å². The molecule has 5 atom stereocenters. The molecule has 4 aliphatic heterocycles. The zero-order chi connectivity index (χ0) is 55.5. The van der Waals surface area contributed by atoms with E-state index in [0.29, 0.717) is 49.1 Å². The molecule has 4 heterocycles. The lowest BCUT2D eigenvalue weighted by atomic mass is 9.85. The van der Waals surface area contributed by atoms with Crippen LogP contribution in [0.1, 0.15) is 141 Å². The molecule has 8 rings (SSSR count). The Hall–Kier alpha value is -7.84. The molecule has 0 aliphatic carbocycles. The molecule has 7 amide bonds. The van der Waals surface area contributed by atoms with Crippen molar-refractivity contribution in [3.63, 3.8) is 0 Å². The van der Waals surface area contributed by atoms with Gasteiger partial charge in [0.1, 0.15) is 18.1 Å². The number of nitrogens with two attached hydrogens (primary N) is 1. The van der Waals surface area contributed by atoms with Crippen molar-refractivity contribution in [2.45, 2.75) is 139 Å². The number of piperidine rings is 1. The first-order chi connectivity index (χ1) is 37.4. The number of halogens is 2. The highest BCUT2D eigenvalue weighted by atomic mass is 19.3. The van der Waals surface area contributed by atoms with Gasteiger partial charge in [0, 0.05) is 87.0 Å². The lowest BCUT2D eigenvalue weighted by Crippen LogP contribution is -2.57. The number of imide groups is 1. The molecule has 0 bridgehead atoms. The van der Waals surface area contributed by atoms with E-state index in [1.165, 1.54) is 35.2 Å². The monoisotopic (exact) mass is 1060 g/mol. The van der Waals surface area contributed by atoms with E-state index in [1.54, 1.807) is 24.0 Å². The summed E-state index contributed by atoms with van der Waals surface area (Å²) in [5.41, 5.74) is 10.3. The molecule has 15 nitrogen and oxygen atoms in total. The van der Waals surface area contributed by atoms with Gasteiger partial charge < -0.3 is 26.2 Å². The summed E-state index contributed by atoms with van der Waals surface area (Å²) < 4.78 is 27.9. The van der Waals surface area contributed by atoms with Gasteiger partial charge in [-0.25, -0.2) is 8.78 Å². The Morgan fingerprint density at radius 1 is 0.846 bits per heavy atom. The molecule has 3 fully saturated rings. The molecule has 0 saturated carbocycles. The molecule has 3 saturated heterocycles. The highest BCUT2D eigenvalue weighted by Crippen LogP contribution is 2.33. The fourth-order valence-corrected chi connectivity index (χ4v) is 11.1. The Balaban J connectivity index is 0.926. The Morgan fingerprint density at radius 2 is 1.54 bits per heavy atom. The summed E-state index contributed by atoms with van der Waals surface area (Å²) >= 11 is 0. The largest absolute Gasteiger partial charge is 0.370 e. The lowest BCUT2D eigenvalue weighted by Gasteiger charge is -2.31. The summed E-state index contributed by atoms with van der Waals surface area (Å²) in [6.07, 6.45) is 6.31. The predicted molar refractivity (Wildman–Crippen MR) is 289 cm³/mol. The standard InChI is InChI=1S/C61H67F2N7O8/c1-39(40-23-25-44(26-24-40)61(2,62)63)34-56(74)65-50-38-68(33-14-6-4-3-5-9-20-43-21-15-22-46-48(43)37-69(59(46)77)51-30-32-55(73)67-57(51)75)36-45-27-29-52(70(45)60(50)78)58(76)66-49(28-31-54(64)72)53(71)35-47(41-16-10-7-11-17-41)42-18-12-8-13-19-42/h7-8,10-13,15-19,21-26,34,45,47,49-52H,3-6,14,27-33,35-38H2,1-2H3,(H2,64,72)(H,65,74)(H,66,76)(H,67,73,75)/b39-34+/t45-,49+,50+,51?,52+/m1/s1. The van der Waals surface area contributed by atoms with Gasteiger partial charge in [-0.1, -0.05) is 116 Å².